The summed E-state index contributed by atoms with van der Waals surface area (Å²) >= 11 is 1.66. The van der Waals surface area contributed by atoms with Crippen molar-refractivity contribution in [3.05, 3.63) is 66.2 Å². The average Bonchev–Trinajstić information content (AvgIpc) is 3.17. The van der Waals surface area contributed by atoms with Crippen molar-refractivity contribution >= 4 is 39.0 Å². The quantitative estimate of drug-likeness (QED) is 0.420. The van der Waals surface area contributed by atoms with E-state index in [1.165, 1.54) is 10.3 Å². The zero-order chi connectivity index (χ0) is 21.1. The summed E-state index contributed by atoms with van der Waals surface area (Å²) in [5.74, 6) is 1.15. The lowest BCUT2D eigenvalue weighted by atomic mass is 10.2. The number of anilines is 2. The van der Waals surface area contributed by atoms with Gasteiger partial charge in [0.25, 0.3) is 0 Å². The molecule has 0 aliphatic carbocycles. The third kappa shape index (κ3) is 4.21. The number of urea groups is 1. The maximum absolute atomic E-state index is 12.3. The summed E-state index contributed by atoms with van der Waals surface area (Å²) in [6, 6.07) is 18.7. The molecule has 0 spiro atoms. The van der Waals surface area contributed by atoms with Gasteiger partial charge in [-0.1, -0.05) is 6.07 Å². The molecular formula is C23H21N3O3S. The standard InChI is InChI=1S/C23H21N3O3S/c1-14-4-10-18-21(12-14)30-22(26-18)15-5-7-16(8-6-15)24-23(27)25-17-9-11-19(28-2)20(13-17)29-3/h4-13H,1-3H3,(H2,24,25,27). The van der Waals surface area contributed by atoms with Crippen molar-refractivity contribution in [3.63, 3.8) is 0 Å². The Kier molecular flexibility index (Phi) is 5.54. The second kappa shape index (κ2) is 8.42. The number of aryl methyl sites for hydroxylation is 1. The number of ether oxygens (including phenoxy) is 2. The summed E-state index contributed by atoms with van der Waals surface area (Å²) in [6.45, 7) is 2.08. The Bertz CT molecular complexity index is 1200. The summed E-state index contributed by atoms with van der Waals surface area (Å²) < 4.78 is 11.6. The molecule has 0 atom stereocenters. The van der Waals surface area contributed by atoms with Gasteiger partial charge in [0, 0.05) is 23.0 Å². The number of nitrogens with zero attached hydrogens (tertiary/aromatic N) is 1. The van der Waals surface area contributed by atoms with Crippen LogP contribution in [-0.4, -0.2) is 25.2 Å². The normalized spacial score (nSPS) is 10.6. The SMILES string of the molecule is COc1ccc(NC(=O)Nc2ccc(-c3nc4ccc(C)cc4s3)cc2)cc1OC. The van der Waals surface area contributed by atoms with E-state index in [-0.39, 0.29) is 6.03 Å². The molecule has 2 N–H and O–H groups in total. The fourth-order valence-corrected chi connectivity index (χ4v) is 4.13. The van der Waals surface area contributed by atoms with Crippen LogP contribution in [0, 0.1) is 6.92 Å². The number of nitrogens with one attached hydrogen (secondary N) is 2. The van der Waals surface area contributed by atoms with Crippen molar-refractivity contribution in [1.29, 1.82) is 0 Å². The second-order valence-electron chi connectivity index (χ2n) is 6.72. The number of rotatable bonds is 5. The molecule has 0 saturated carbocycles. The number of aromatic nitrogens is 1. The fourth-order valence-electron chi connectivity index (χ4n) is 3.06. The first-order valence-corrected chi connectivity index (χ1v) is 10.1. The fraction of sp³-hybridized carbons (Fsp3) is 0.130. The van der Waals surface area contributed by atoms with E-state index in [2.05, 4.69) is 29.7 Å². The van der Waals surface area contributed by atoms with Gasteiger partial charge in [0.2, 0.25) is 0 Å². The zero-order valence-electron chi connectivity index (χ0n) is 16.9. The number of thiazole rings is 1. The summed E-state index contributed by atoms with van der Waals surface area (Å²) in [5, 5.41) is 6.58. The molecule has 1 heterocycles. The second-order valence-corrected chi connectivity index (χ2v) is 7.75. The molecule has 0 bridgehead atoms. The first-order valence-electron chi connectivity index (χ1n) is 9.33. The van der Waals surface area contributed by atoms with Crippen LogP contribution in [0.4, 0.5) is 16.2 Å². The number of hydrogen-bond donors (Lipinski definition) is 2. The van der Waals surface area contributed by atoms with Crippen LogP contribution >= 0.6 is 11.3 Å². The maximum Gasteiger partial charge on any atom is 0.323 e. The van der Waals surface area contributed by atoms with Crippen molar-refractivity contribution in [2.24, 2.45) is 0 Å². The van der Waals surface area contributed by atoms with Crippen LogP contribution in [0.15, 0.2) is 60.7 Å². The van der Waals surface area contributed by atoms with Gasteiger partial charge in [-0.3, -0.25) is 0 Å². The molecule has 6 nitrogen and oxygen atoms in total. The van der Waals surface area contributed by atoms with Gasteiger partial charge in [-0.2, -0.15) is 0 Å². The average molecular weight is 420 g/mol. The first-order chi connectivity index (χ1) is 14.6. The number of amides is 2. The largest absolute Gasteiger partial charge is 0.493 e. The van der Waals surface area contributed by atoms with Gasteiger partial charge in [-0.25, -0.2) is 9.78 Å². The minimum atomic E-state index is -0.342. The molecule has 7 heteroatoms. The molecule has 0 radical (unpaired) electrons. The lowest BCUT2D eigenvalue weighted by Gasteiger charge is -2.11. The molecule has 0 aliphatic rings. The molecule has 152 valence electrons. The predicted octanol–water partition coefficient (Wildman–Crippen LogP) is 5.93. The third-order valence-electron chi connectivity index (χ3n) is 4.58. The van der Waals surface area contributed by atoms with E-state index in [1.807, 2.05) is 30.3 Å². The minimum Gasteiger partial charge on any atom is -0.493 e. The number of carbonyl (C=O) groups is 1. The van der Waals surface area contributed by atoms with E-state index in [1.54, 1.807) is 43.8 Å². The molecule has 2 amide bonds. The monoisotopic (exact) mass is 419 g/mol. The number of fused-ring (bicyclic) bond motifs is 1. The highest BCUT2D eigenvalue weighted by Crippen LogP contribution is 2.32. The Morgan fingerprint density at radius 1 is 0.867 bits per heavy atom. The molecule has 0 aliphatic heterocycles. The van der Waals surface area contributed by atoms with E-state index in [0.717, 1.165) is 16.1 Å². The summed E-state index contributed by atoms with van der Waals surface area (Å²) in [6.07, 6.45) is 0. The minimum absolute atomic E-state index is 0.342. The van der Waals surface area contributed by atoms with Crippen LogP contribution in [-0.2, 0) is 0 Å². The summed E-state index contributed by atoms with van der Waals surface area (Å²) in [4.78, 5) is 17.0. The highest BCUT2D eigenvalue weighted by molar-refractivity contribution is 7.21. The number of carbonyl (C=O) groups excluding carboxylic acids is 1. The summed E-state index contributed by atoms with van der Waals surface area (Å²) in [7, 11) is 3.12. The Morgan fingerprint density at radius 3 is 2.30 bits per heavy atom. The van der Waals surface area contributed by atoms with Gasteiger partial charge >= 0.3 is 6.03 Å². The molecule has 0 unspecified atom stereocenters. The molecule has 3 aromatic carbocycles. The van der Waals surface area contributed by atoms with E-state index in [4.69, 9.17) is 14.5 Å². The van der Waals surface area contributed by atoms with Crippen molar-refractivity contribution < 1.29 is 14.3 Å². The Balaban J connectivity index is 1.44. The smallest absolute Gasteiger partial charge is 0.323 e. The predicted molar refractivity (Wildman–Crippen MR) is 122 cm³/mol. The van der Waals surface area contributed by atoms with Gasteiger partial charge in [0.1, 0.15) is 5.01 Å². The van der Waals surface area contributed by atoms with Crippen molar-refractivity contribution in [3.8, 4) is 22.1 Å². The van der Waals surface area contributed by atoms with Crippen LogP contribution < -0.4 is 20.1 Å². The summed E-state index contributed by atoms with van der Waals surface area (Å²) in [5.41, 5.74) is 4.52. The zero-order valence-corrected chi connectivity index (χ0v) is 17.7. The van der Waals surface area contributed by atoms with Gasteiger partial charge in [-0.05, 0) is 61.0 Å². The molecule has 4 rings (SSSR count). The van der Waals surface area contributed by atoms with E-state index >= 15 is 0 Å². The molecule has 1 aromatic heterocycles. The van der Waals surface area contributed by atoms with Gasteiger partial charge < -0.3 is 20.1 Å². The van der Waals surface area contributed by atoms with Crippen LogP contribution in [0.5, 0.6) is 11.5 Å². The molecule has 30 heavy (non-hydrogen) atoms. The van der Waals surface area contributed by atoms with Gasteiger partial charge in [-0.15, -0.1) is 11.3 Å². The van der Waals surface area contributed by atoms with E-state index in [0.29, 0.717) is 22.9 Å². The topological polar surface area (TPSA) is 72.5 Å². The molecule has 4 aromatic rings. The van der Waals surface area contributed by atoms with Crippen LogP contribution in [0.1, 0.15) is 5.56 Å². The number of methoxy groups -OCH3 is 2. The Labute approximate surface area is 178 Å². The van der Waals surface area contributed by atoms with Crippen LogP contribution in [0.3, 0.4) is 0 Å². The molecule has 0 fully saturated rings. The molecular weight excluding hydrogens is 398 g/mol. The highest BCUT2D eigenvalue weighted by atomic mass is 32.1. The number of hydrogen-bond acceptors (Lipinski definition) is 5. The third-order valence-corrected chi connectivity index (χ3v) is 5.64. The Morgan fingerprint density at radius 2 is 1.57 bits per heavy atom. The number of benzene rings is 3. The van der Waals surface area contributed by atoms with Gasteiger partial charge in [0.15, 0.2) is 11.5 Å². The van der Waals surface area contributed by atoms with Crippen molar-refractivity contribution in [1.82, 2.24) is 4.98 Å². The Hall–Kier alpha value is -3.58. The van der Waals surface area contributed by atoms with Gasteiger partial charge in [0.05, 0.1) is 24.4 Å². The molecule has 0 saturated heterocycles. The van der Waals surface area contributed by atoms with E-state index < -0.39 is 0 Å². The van der Waals surface area contributed by atoms with Crippen LogP contribution in [0.25, 0.3) is 20.8 Å². The van der Waals surface area contributed by atoms with Crippen molar-refractivity contribution in [2.75, 3.05) is 24.9 Å². The van der Waals surface area contributed by atoms with E-state index in [9.17, 15) is 4.79 Å². The first kappa shape index (κ1) is 19.7. The maximum atomic E-state index is 12.3. The lowest BCUT2D eigenvalue weighted by Crippen LogP contribution is -2.19. The lowest BCUT2D eigenvalue weighted by molar-refractivity contribution is 0.262. The highest BCUT2D eigenvalue weighted by Gasteiger charge is 2.09. The van der Waals surface area contributed by atoms with Crippen LogP contribution in [0.2, 0.25) is 0 Å². The van der Waals surface area contributed by atoms with Crippen molar-refractivity contribution in [2.45, 2.75) is 6.92 Å².